The number of aryl methyl sites for hydroxylation is 1. The van der Waals surface area contributed by atoms with Crippen LogP contribution in [0.2, 0.25) is 4.34 Å². The number of Topliss-reactive ketones (excluding diaryl/α,β-unsaturated/α-hetero) is 1. The lowest BCUT2D eigenvalue weighted by Crippen LogP contribution is -2.62. The number of carbonyl (C=O) groups excluding carboxylic acids is 2. The third-order valence-corrected chi connectivity index (χ3v) is 9.31. The van der Waals surface area contributed by atoms with Gasteiger partial charge >= 0.3 is 11.6 Å². The molecule has 5 rings (SSSR count). The van der Waals surface area contributed by atoms with E-state index in [4.69, 9.17) is 33.6 Å². The molecule has 1 fully saturated rings. The third kappa shape index (κ3) is 5.54. The fraction of sp³-hybridized carbons (Fsp3) is 0.375. The van der Waals surface area contributed by atoms with Crippen LogP contribution >= 0.6 is 34.7 Å². The zero-order chi connectivity index (χ0) is 30.1. The number of fused-ring (bicyclic) bond motifs is 2. The number of carbonyl (C=O) groups is 3. The highest BCUT2D eigenvalue weighted by atomic mass is 35.5. The zero-order valence-corrected chi connectivity index (χ0v) is 24.7. The van der Waals surface area contributed by atoms with Gasteiger partial charge in [0.05, 0.1) is 30.6 Å². The number of hydrogen-bond acceptors (Lipinski definition) is 10. The lowest BCUT2D eigenvalue weighted by Gasteiger charge is -2.49. The van der Waals surface area contributed by atoms with Gasteiger partial charge in [0.15, 0.2) is 28.8 Å². The molecular weight excluding hydrogens is 608 g/mol. The Morgan fingerprint density at radius 1 is 1.33 bits per heavy atom. The van der Waals surface area contributed by atoms with Crippen LogP contribution < -0.4 is 21.8 Å². The number of aliphatic imine (C=N–C) groups is 1. The first kappa shape index (κ1) is 29.4. The van der Waals surface area contributed by atoms with Crippen molar-refractivity contribution in [3.63, 3.8) is 0 Å². The van der Waals surface area contributed by atoms with Crippen LogP contribution in [0.15, 0.2) is 46.1 Å². The molecule has 3 aromatic rings. The zero-order valence-electron chi connectivity index (χ0n) is 22.3. The van der Waals surface area contributed by atoms with Crippen molar-refractivity contribution in [2.24, 2.45) is 27.5 Å². The Morgan fingerprint density at radius 3 is 2.79 bits per heavy atom. The minimum absolute atomic E-state index is 0.0535. The molecule has 0 aliphatic carbocycles. The second kappa shape index (κ2) is 12.0. The predicted octanol–water partition coefficient (Wildman–Crippen LogP) is 0.264. The standard InChI is InChI=1S/C24H27ClN10O5S2/c1-40-31-16(17-19(25)42-24(28)30-17)14(36)9-13-20(37)35-18(22(38)39)12(11-41-21(13)35)10-33-6-3-15-32(7-8-34(15)33)5-2-4-29-23(26)27/h3,6-8,13,21H,2,4-5,9-11H2,1H3,(H6-,26,27,28,29,30,38,39)/p+1/b31-16+/t13-,21-/m1/s1. The first-order valence-corrected chi connectivity index (χ1v) is 14.9. The average molecular weight is 636 g/mol. The molecule has 3 aromatic heterocycles. The summed E-state index contributed by atoms with van der Waals surface area (Å²) in [6, 6.07) is 1.93. The molecule has 18 heteroatoms. The summed E-state index contributed by atoms with van der Waals surface area (Å²) in [4.78, 5) is 53.0. The lowest BCUT2D eigenvalue weighted by atomic mass is 9.89. The summed E-state index contributed by atoms with van der Waals surface area (Å²) in [6.07, 6.45) is 6.19. The van der Waals surface area contributed by atoms with E-state index in [0.717, 1.165) is 23.4 Å². The number of imidazole rings is 1. The van der Waals surface area contributed by atoms with Crippen LogP contribution in [0.1, 0.15) is 18.5 Å². The fourth-order valence-corrected chi connectivity index (χ4v) is 7.35. The van der Waals surface area contributed by atoms with Crippen molar-refractivity contribution in [3.8, 4) is 0 Å². The van der Waals surface area contributed by atoms with Gasteiger partial charge in [-0.25, -0.2) is 19.0 Å². The van der Waals surface area contributed by atoms with E-state index in [1.165, 1.54) is 23.8 Å². The van der Waals surface area contributed by atoms with Gasteiger partial charge in [-0.05, 0) is 5.57 Å². The number of ketones is 1. The van der Waals surface area contributed by atoms with Gasteiger partial charge in [0.25, 0.3) is 0 Å². The van der Waals surface area contributed by atoms with Gasteiger partial charge in [-0.3, -0.25) is 19.5 Å². The number of aliphatic carboxylic acids is 1. The second-order valence-electron chi connectivity index (χ2n) is 9.47. The second-order valence-corrected chi connectivity index (χ2v) is 12.2. The maximum atomic E-state index is 13.3. The number of carboxylic acids is 1. The number of thiazole rings is 1. The van der Waals surface area contributed by atoms with Crippen LogP contribution in [-0.4, -0.2) is 78.3 Å². The SMILES string of the molecule is CO/N=C(\C(=O)C[C@@H]1C(=O)N2C(C(=O)O)=C(Cn3ccc4n3cc[n+]4CCCN=C(N)N)CS[C@H]12)c1nc(N)sc1Cl. The normalized spacial score (nSPS) is 18.7. The Bertz CT molecular complexity index is 1650. The first-order valence-electron chi connectivity index (χ1n) is 12.7. The van der Waals surface area contributed by atoms with Crippen molar-refractivity contribution >= 4 is 74.8 Å². The summed E-state index contributed by atoms with van der Waals surface area (Å²) in [7, 11) is 1.27. The molecule has 0 radical (unpaired) electrons. The Balaban J connectivity index is 1.32. The number of guanidine groups is 1. The highest BCUT2D eigenvalue weighted by Crippen LogP contribution is 2.45. The molecule has 42 heavy (non-hydrogen) atoms. The molecule has 2 atom stereocenters. The monoisotopic (exact) mass is 635 g/mol. The van der Waals surface area contributed by atoms with Gasteiger partial charge in [-0.1, -0.05) is 28.1 Å². The number of β-lactam (4-membered cyclic amide) rings is 1. The summed E-state index contributed by atoms with van der Waals surface area (Å²) in [5, 5.41) is 13.5. The number of anilines is 1. The predicted molar refractivity (Wildman–Crippen MR) is 157 cm³/mol. The smallest absolute Gasteiger partial charge is 0.352 e. The number of carboxylic acid groups (broad SMARTS) is 1. The first-order chi connectivity index (χ1) is 20.1. The number of amides is 1. The van der Waals surface area contributed by atoms with Crippen LogP contribution in [0.4, 0.5) is 5.13 Å². The van der Waals surface area contributed by atoms with Crippen molar-refractivity contribution in [3.05, 3.63) is 46.0 Å². The van der Waals surface area contributed by atoms with Crippen LogP contribution in [0.25, 0.3) is 5.65 Å². The van der Waals surface area contributed by atoms with E-state index in [-0.39, 0.29) is 45.5 Å². The maximum absolute atomic E-state index is 13.3. The Morgan fingerprint density at radius 2 is 2.12 bits per heavy atom. The molecule has 15 nitrogen and oxygen atoms in total. The van der Waals surface area contributed by atoms with E-state index in [1.54, 1.807) is 0 Å². The molecule has 1 amide bonds. The largest absolute Gasteiger partial charge is 0.477 e. The number of thioether (sulfide) groups is 1. The number of aromatic nitrogens is 4. The Labute approximate surface area is 252 Å². The lowest BCUT2D eigenvalue weighted by molar-refractivity contribution is -0.671. The molecule has 0 spiro atoms. The summed E-state index contributed by atoms with van der Waals surface area (Å²) >= 11 is 8.56. The summed E-state index contributed by atoms with van der Waals surface area (Å²) < 4.78 is 6.01. The molecule has 0 saturated carbocycles. The number of halogens is 1. The van der Waals surface area contributed by atoms with Crippen molar-refractivity contribution in [2.75, 3.05) is 25.1 Å². The highest BCUT2D eigenvalue weighted by Gasteiger charge is 2.54. The van der Waals surface area contributed by atoms with Gasteiger partial charge < -0.3 is 27.1 Å². The van der Waals surface area contributed by atoms with E-state index < -0.39 is 29.0 Å². The van der Waals surface area contributed by atoms with Crippen molar-refractivity contribution in [1.82, 2.24) is 19.1 Å². The molecule has 0 unspecified atom stereocenters. The van der Waals surface area contributed by atoms with E-state index >= 15 is 0 Å². The van der Waals surface area contributed by atoms with Crippen molar-refractivity contribution in [2.45, 2.75) is 31.3 Å². The number of nitrogen functional groups attached to an aromatic ring is 1. The van der Waals surface area contributed by atoms with Gasteiger partial charge in [0.1, 0.15) is 29.0 Å². The molecule has 2 aliphatic rings. The number of nitrogens with two attached hydrogens (primary N) is 3. The van der Waals surface area contributed by atoms with Crippen molar-refractivity contribution < 1.29 is 28.9 Å². The molecule has 0 aromatic carbocycles. The number of rotatable bonds is 12. The molecular formula is C24H28ClN10O5S2+. The van der Waals surface area contributed by atoms with Crippen molar-refractivity contribution in [1.29, 1.82) is 0 Å². The number of oxime groups is 1. The fourth-order valence-electron chi connectivity index (χ4n) is 5.02. The van der Waals surface area contributed by atoms with E-state index in [2.05, 4.69) is 15.1 Å². The molecule has 2 aliphatic heterocycles. The van der Waals surface area contributed by atoms with Gasteiger partial charge in [-0.15, -0.1) is 16.3 Å². The summed E-state index contributed by atoms with van der Waals surface area (Å²) in [6.45, 7) is 1.46. The van der Waals surface area contributed by atoms with E-state index in [1.807, 2.05) is 38.4 Å². The Kier molecular flexibility index (Phi) is 8.42. The quantitative estimate of drug-likeness (QED) is 0.0532. The molecule has 7 N–H and O–H groups in total. The minimum Gasteiger partial charge on any atom is -0.477 e. The summed E-state index contributed by atoms with van der Waals surface area (Å²) in [5.41, 5.74) is 17.8. The molecule has 222 valence electrons. The molecule has 1 saturated heterocycles. The number of hydrogen-bond donors (Lipinski definition) is 4. The average Bonchev–Trinajstić information content (AvgIpc) is 3.63. The van der Waals surface area contributed by atoms with Gasteiger partial charge in [0, 0.05) is 31.2 Å². The van der Waals surface area contributed by atoms with Gasteiger partial charge in [-0.2, -0.15) is 0 Å². The van der Waals surface area contributed by atoms with Crippen LogP contribution in [0.5, 0.6) is 0 Å². The van der Waals surface area contributed by atoms with Crippen LogP contribution in [0.3, 0.4) is 0 Å². The van der Waals surface area contributed by atoms with E-state index in [9.17, 15) is 19.5 Å². The highest BCUT2D eigenvalue weighted by molar-refractivity contribution is 8.00. The molecule has 0 bridgehead atoms. The van der Waals surface area contributed by atoms with Crippen LogP contribution in [-0.2, 0) is 32.3 Å². The molecule has 5 heterocycles. The topological polar surface area (TPSA) is 213 Å². The Hall–Kier alpha value is -4.09. The number of nitrogens with zero attached hydrogens (tertiary/aromatic N) is 7. The van der Waals surface area contributed by atoms with Gasteiger partial charge in [0.2, 0.25) is 5.91 Å². The third-order valence-electron chi connectivity index (χ3n) is 6.83. The maximum Gasteiger partial charge on any atom is 0.352 e. The van der Waals surface area contributed by atoms with E-state index in [0.29, 0.717) is 24.4 Å². The van der Waals surface area contributed by atoms with Crippen LogP contribution in [0, 0.1) is 5.92 Å². The minimum atomic E-state index is -1.20. The summed E-state index contributed by atoms with van der Waals surface area (Å²) in [5.74, 6) is -2.48.